The minimum atomic E-state index is 0.101. The van der Waals surface area contributed by atoms with Crippen LogP contribution >= 0.6 is 0 Å². The molecule has 1 aliphatic heterocycles. The fourth-order valence-corrected chi connectivity index (χ4v) is 4.46. The van der Waals surface area contributed by atoms with E-state index >= 15 is 0 Å². The molecule has 1 amide bonds. The molecule has 2 heterocycles. The molecule has 0 fully saturated rings. The van der Waals surface area contributed by atoms with Gasteiger partial charge in [-0.05, 0) is 34.9 Å². The summed E-state index contributed by atoms with van der Waals surface area (Å²) in [5.74, 6) is 1.12. The van der Waals surface area contributed by atoms with E-state index in [1.807, 2.05) is 41.4 Å². The predicted octanol–water partition coefficient (Wildman–Crippen LogP) is 4.66. The first-order valence-electron chi connectivity index (χ1n) is 10.9. The van der Waals surface area contributed by atoms with Crippen LogP contribution in [0.3, 0.4) is 0 Å². The Kier molecular flexibility index (Phi) is 5.40. The Morgan fingerprint density at radius 1 is 0.968 bits per heavy atom. The first-order chi connectivity index (χ1) is 15.3. The summed E-state index contributed by atoms with van der Waals surface area (Å²) in [6, 6.07) is 22.6. The molecule has 1 aliphatic rings. The molecular weight excluding hydrogens is 384 g/mol. The molecule has 3 aromatic carbocycles. The van der Waals surface area contributed by atoms with E-state index in [9.17, 15) is 4.79 Å². The van der Waals surface area contributed by atoms with Crippen molar-refractivity contribution in [1.29, 1.82) is 0 Å². The van der Waals surface area contributed by atoms with E-state index in [4.69, 9.17) is 0 Å². The van der Waals surface area contributed by atoms with Crippen LogP contribution < -0.4 is 4.90 Å². The molecule has 0 unspecified atom stereocenters. The first-order valence-corrected chi connectivity index (χ1v) is 10.9. The molecule has 0 aliphatic carbocycles. The molecule has 31 heavy (non-hydrogen) atoms. The normalized spacial score (nSPS) is 13.8. The highest BCUT2D eigenvalue weighted by Gasteiger charge is 2.24. The van der Waals surface area contributed by atoms with Crippen LogP contribution in [0.5, 0.6) is 0 Å². The Balaban J connectivity index is 1.37. The van der Waals surface area contributed by atoms with Gasteiger partial charge in [-0.25, -0.2) is 4.98 Å². The second kappa shape index (κ2) is 8.64. The number of H-pyrrole nitrogens is 1. The summed E-state index contributed by atoms with van der Waals surface area (Å²) < 4.78 is 0. The third kappa shape index (κ3) is 4.04. The molecule has 1 aromatic heterocycles. The first kappa shape index (κ1) is 19.4. The Morgan fingerprint density at radius 2 is 1.81 bits per heavy atom. The van der Waals surface area contributed by atoms with Gasteiger partial charge in [0, 0.05) is 56.2 Å². The number of carbonyl (C=O) groups excluding carboxylic acids is 1. The van der Waals surface area contributed by atoms with Gasteiger partial charge in [-0.1, -0.05) is 54.6 Å². The van der Waals surface area contributed by atoms with Crippen LogP contribution in [0.1, 0.15) is 28.2 Å². The van der Waals surface area contributed by atoms with Crippen molar-refractivity contribution in [3.63, 3.8) is 0 Å². The Bertz CT molecular complexity index is 1180. The average molecular weight is 411 g/mol. The van der Waals surface area contributed by atoms with Crippen LogP contribution in [0.4, 0.5) is 5.69 Å². The largest absolute Gasteiger partial charge is 0.369 e. The fourth-order valence-electron chi connectivity index (χ4n) is 4.46. The van der Waals surface area contributed by atoms with Gasteiger partial charge < -0.3 is 14.8 Å². The summed E-state index contributed by atoms with van der Waals surface area (Å²) >= 11 is 0. The average Bonchev–Trinajstić information content (AvgIpc) is 3.26. The zero-order valence-electron chi connectivity index (χ0n) is 17.5. The van der Waals surface area contributed by atoms with Gasteiger partial charge in [0.25, 0.3) is 5.91 Å². The number of nitrogens with one attached hydrogen (secondary N) is 1. The molecule has 5 rings (SSSR count). The summed E-state index contributed by atoms with van der Waals surface area (Å²) in [4.78, 5) is 25.5. The van der Waals surface area contributed by atoms with E-state index in [-0.39, 0.29) is 5.91 Å². The number of carbonyl (C=O) groups is 1. The van der Waals surface area contributed by atoms with E-state index in [0.717, 1.165) is 48.1 Å². The Morgan fingerprint density at radius 3 is 2.71 bits per heavy atom. The van der Waals surface area contributed by atoms with Gasteiger partial charge >= 0.3 is 0 Å². The lowest BCUT2D eigenvalue weighted by atomic mass is 10.0. The SMILES string of the molecule is O=C(c1cccc2ccccc12)N1CCN(CCCc2ncc[nH]2)c2ccccc2C1. The standard InChI is InChI=1S/C26H26N4O/c31-26(23-11-5-9-20-7-1-3-10-22(20)23)30-18-17-29(16-6-13-25-27-14-15-28-25)24-12-4-2-8-21(24)19-30/h1-5,7-12,14-15H,6,13,16-19H2,(H,27,28). The molecule has 4 aromatic rings. The molecule has 0 saturated carbocycles. The van der Waals surface area contributed by atoms with Crippen LogP contribution in [0.25, 0.3) is 10.8 Å². The lowest BCUT2D eigenvalue weighted by Gasteiger charge is -2.25. The second-order valence-corrected chi connectivity index (χ2v) is 8.01. The summed E-state index contributed by atoms with van der Waals surface area (Å²) in [5.41, 5.74) is 3.21. The van der Waals surface area contributed by atoms with Crippen molar-refractivity contribution in [2.45, 2.75) is 19.4 Å². The van der Waals surface area contributed by atoms with E-state index in [1.165, 1.54) is 11.3 Å². The number of anilines is 1. The van der Waals surface area contributed by atoms with Crippen LogP contribution in [-0.2, 0) is 13.0 Å². The van der Waals surface area contributed by atoms with Crippen molar-refractivity contribution in [2.24, 2.45) is 0 Å². The third-order valence-corrected chi connectivity index (χ3v) is 6.04. The number of aromatic amines is 1. The molecule has 156 valence electrons. The van der Waals surface area contributed by atoms with E-state index < -0.39 is 0 Å². The van der Waals surface area contributed by atoms with Gasteiger partial charge in [-0.2, -0.15) is 0 Å². The number of aromatic nitrogens is 2. The number of para-hydroxylation sites is 1. The fraction of sp³-hybridized carbons (Fsp3) is 0.231. The third-order valence-electron chi connectivity index (χ3n) is 6.04. The zero-order valence-corrected chi connectivity index (χ0v) is 17.5. The van der Waals surface area contributed by atoms with Gasteiger partial charge in [0.15, 0.2) is 0 Å². The molecule has 0 saturated heterocycles. The maximum atomic E-state index is 13.5. The Hall–Kier alpha value is -3.60. The summed E-state index contributed by atoms with van der Waals surface area (Å²) in [7, 11) is 0. The molecule has 0 bridgehead atoms. The quantitative estimate of drug-likeness (QED) is 0.521. The van der Waals surface area contributed by atoms with Gasteiger partial charge in [0.2, 0.25) is 0 Å². The predicted molar refractivity (Wildman–Crippen MR) is 124 cm³/mol. The second-order valence-electron chi connectivity index (χ2n) is 8.01. The molecule has 5 heteroatoms. The number of amides is 1. The molecular formula is C26H26N4O. The van der Waals surface area contributed by atoms with E-state index in [1.54, 1.807) is 6.20 Å². The highest BCUT2D eigenvalue weighted by atomic mass is 16.2. The highest BCUT2D eigenvalue weighted by molar-refractivity contribution is 6.07. The maximum absolute atomic E-state index is 13.5. The smallest absolute Gasteiger partial charge is 0.254 e. The van der Waals surface area contributed by atoms with Crippen molar-refractivity contribution in [3.05, 3.63) is 96.1 Å². The van der Waals surface area contributed by atoms with Gasteiger partial charge in [-0.3, -0.25) is 4.79 Å². The van der Waals surface area contributed by atoms with Gasteiger partial charge in [-0.15, -0.1) is 0 Å². The number of fused-ring (bicyclic) bond motifs is 2. The molecule has 5 nitrogen and oxygen atoms in total. The van der Waals surface area contributed by atoms with Crippen molar-refractivity contribution in [1.82, 2.24) is 14.9 Å². The number of rotatable bonds is 5. The highest BCUT2D eigenvalue weighted by Crippen LogP contribution is 2.27. The Labute approximate surface area is 182 Å². The van der Waals surface area contributed by atoms with Crippen LogP contribution in [0, 0.1) is 0 Å². The number of hydrogen-bond acceptors (Lipinski definition) is 3. The van der Waals surface area contributed by atoms with Gasteiger partial charge in [0.1, 0.15) is 5.82 Å². The number of aryl methyl sites for hydroxylation is 1. The van der Waals surface area contributed by atoms with Crippen LogP contribution in [0.15, 0.2) is 79.1 Å². The molecule has 0 spiro atoms. The number of benzene rings is 3. The minimum absolute atomic E-state index is 0.101. The monoisotopic (exact) mass is 410 g/mol. The summed E-state index contributed by atoms with van der Waals surface area (Å²) in [6.45, 7) is 3.10. The van der Waals surface area contributed by atoms with Crippen molar-refractivity contribution < 1.29 is 4.79 Å². The topological polar surface area (TPSA) is 52.2 Å². The zero-order chi connectivity index (χ0) is 21.0. The van der Waals surface area contributed by atoms with Crippen molar-refractivity contribution in [2.75, 3.05) is 24.5 Å². The molecule has 1 N–H and O–H groups in total. The van der Waals surface area contributed by atoms with E-state index in [0.29, 0.717) is 13.1 Å². The number of hydrogen-bond donors (Lipinski definition) is 1. The minimum Gasteiger partial charge on any atom is -0.369 e. The van der Waals surface area contributed by atoms with Crippen LogP contribution in [-0.4, -0.2) is 40.4 Å². The summed E-state index contributed by atoms with van der Waals surface area (Å²) in [5, 5.41) is 2.12. The molecule has 0 radical (unpaired) electrons. The maximum Gasteiger partial charge on any atom is 0.254 e. The molecule has 0 atom stereocenters. The number of imidazole rings is 1. The summed E-state index contributed by atoms with van der Waals surface area (Å²) in [6.07, 6.45) is 5.60. The van der Waals surface area contributed by atoms with Crippen molar-refractivity contribution >= 4 is 22.4 Å². The van der Waals surface area contributed by atoms with Gasteiger partial charge in [0.05, 0.1) is 0 Å². The lowest BCUT2D eigenvalue weighted by molar-refractivity contribution is 0.0753. The lowest BCUT2D eigenvalue weighted by Crippen LogP contribution is -2.36. The number of nitrogens with zero attached hydrogens (tertiary/aromatic N) is 3. The van der Waals surface area contributed by atoms with E-state index in [2.05, 4.69) is 51.3 Å². The van der Waals surface area contributed by atoms with Crippen molar-refractivity contribution in [3.8, 4) is 0 Å². The van der Waals surface area contributed by atoms with Crippen LogP contribution in [0.2, 0.25) is 0 Å².